The van der Waals surface area contributed by atoms with Crippen molar-refractivity contribution in [3.8, 4) is 67.5 Å². The van der Waals surface area contributed by atoms with Crippen LogP contribution >= 0.6 is 0 Å². The van der Waals surface area contributed by atoms with Crippen molar-refractivity contribution in [3.05, 3.63) is 206 Å². The molecule has 17 aromatic rings. The molecule has 4 heteroatoms. The third kappa shape index (κ3) is 10.6. The summed E-state index contributed by atoms with van der Waals surface area (Å²) in [5.41, 5.74) is 9.66. The zero-order valence-corrected chi connectivity index (χ0v) is 57.4. The molecule has 0 spiro atoms. The molecule has 0 amide bonds. The Morgan fingerprint density at radius 3 is 0.745 bits per heavy atom. The quantitative estimate of drug-likeness (QED) is 0.0278. The van der Waals surface area contributed by atoms with Gasteiger partial charge in [0.15, 0.2) is 0 Å². The molecule has 0 aliphatic heterocycles. The van der Waals surface area contributed by atoms with Gasteiger partial charge in [0.05, 0.1) is 26.4 Å². The maximum Gasteiger partial charge on any atom is 0.119 e. The normalized spacial score (nSPS) is 12.3. The molecule has 0 aliphatic carbocycles. The van der Waals surface area contributed by atoms with Gasteiger partial charge in [-0.3, -0.25) is 0 Å². The Labute approximate surface area is 575 Å². The molecule has 0 radical (unpaired) electrons. The molecule has 0 N–H and O–H groups in total. The maximum atomic E-state index is 6.44. The van der Waals surface area contributed by atoms with Gasteiger partial charge in [0.25, 0.3) is 0 Å². The van der Waals surface area contributed by atoms with Gasteiger partial charge in [-0.1, -0.05) is 226 Å². The van der Waals surface area contributed by atoms with Crippen LogP contribution in [0.25, 0.3) is 174 Å². The van der Waals surface area contributed by atoms with Crippen molar-refractivity contribution in [3.63, 3.8) is 0 Å². The predicted molar refractivity (Wildman–Crippen MR) is 422 cm³/mol. The highest BCUT2D eigenvalue weighted by molar-refractivity contribution is 6.53. The molecule has 0 aromatic heterocycles. The lowest BCUT2D eigenvalue weighted by atomic mass is 9.83. The van der Waals surface area contributed by atoms with E-state index < -0.39 is 0 Å². The minimum Gasteiger partial charge on any atom is -0.494 e. The Morgan fingerprint density at radius 2 is 0.449 bits per heavy atom. The van der Waals surface area contributed by atoms with Crippen molar-refractivity contribution in [2.75, 3.05) is 26.4 Å². The molecule has 0 aliphatic rings. The molecule has 0 atom stereocenters. The van der Waals surface area contributed by atoms with Crippen LogP contribution in [-0.2, 0) is 0 Å². The van der Waals surface area contributed by atoms with E-state index in [9.17, 15) is 0 Å². The van der Waals surface area contributed by atoms with Crippen molar-refractivity contribution >= 4 is 129 Å². The van der Waals surface area contributed by atoms with E-state index in [0.717, 1.165) is 75.1 Å². The highest BCUT2D eigenvalue weighted by Gasteiger charge is 2.29. The average Bonchev–Trinajstić information content (AvgIpc) is 1.48. The summed E-state index contributed by atoms with van der Waals surface area (Å²) in [7, 11) is 0. The first-order valence-corrected chi connectivity index (χ1v) is 37.0. The summed E-state index contributed by atoms with van der Waals surface area (Å²) in [6.45, 7) is 12.0. The largest absolute Gasteiger partial charge is 0.494 e. The fraction of sp³-hybridized carbons (Fsp3) is 0.255. The Morgan fingerprint density at radius 1 is 0.194 bits per heavy atom. The second-order valence-corrected chi connectivity index (χ2v) is 28.0. The van der Waals surface area contributed by atoms with Crippen LogP contribution in [0.3, 0.4) is 0 Å². The summed E-state index contributed by atoms with van der Waals surface area (Å²) in [5.74, 6) is 3.68. The first-order valence-electron chi connectivity index (χ1n) is 37.0. The van der Waals surface area contributed by atoms with Crippen LogP contribution in [-0.4, -0.2) is 26.4 Å². The van der Waals surface area contributed by atoms with Crippen molar-refractivity contribution in [1.29, 1.82) is 0 Å². The van der Waals surface area contributed by atoms with Crippen LogP contribution < -0.4 is 18.9 Å². The van der Waals surface area contributed by atoms with E-state index in [1.807, 2.05) is 0 Å². The van der Waals surface area contributed by atoms with E-state index >= 15 is 0 Å². The molecule has 0 saturated heterocycles. The van der Waals surface area contributed by atoms with Gasteiger partial charge >= 0.3 is 0 Å². The smallest absolute Gasteiger partial charge is 0.119 e. The molecular formula is C94H86O4. The number of hydrogen-bond acceptors (Lipinski definition) is 4. The Balaban J connectivity index is 0.949. The molecule has 98 heavy (non-hydrogen) atoms. The number of ether oxygens (including phenoxy) is 4. The molecule has 0 saturated carbocycles. The zero-order chi connectivity index (χ0) is 65.8. The van der Waals surface area contributed by atoms with Crippen LogP contribution in [0.1, 0.15) is 130 Å². The highest BCUT2D eigenvalue weighted by atomic mass is 16.5. The second kappa shape index (κ2) is 26.5. The molecule has 486 valence electrons. The molecule has 0 fully saturated rings. The first kappa shape index (κ1) is 61.7. The van der Waals surface area contributed by atoms with Gasteiger partial charge in [-0.2, -0.15) is 0 Å². The van der Waals surface area contributed by atoms with Crippen LogP contribution in [0.15, 0.2) is 206 Å². The van der Waals surface area contributed by atoms with E-state index in [-0.39, 0.29) is 0 Å². The summed E-state index contributed by atoms with van der Waals surface area (Å²) in [6.07, 6.45) is 18.8. The van der Waals surface area contributed by atoms with E-state index in [4.69, 9.17) is 18.9 Å². The summed E-state index contributed by atoms with van der Waals surface area (Å²) >= 11 is 0. The van der Waals surface area contributed by atoms with Crippen molar-refractivity contribution in [1.82, 2.24) is 0 Å². The maximum absolute atomic E-state index is 6.44. The third-order valence-electron chi connectivity index (χ3n) is 21.7. The lowest BCUT2D eigenvalue weighted by Crippen LogP contribution is -1.97. The molecule has 4 nitrogen and oxygen atoms in total. The Hall–Kier alpha value is -9.90. The monoisotopic (exact) mass is 1280 g/mol. The Kier molecular flexibility index (Phi) is 16.7. The van der Waals surface area contributed by atoms with E-state index in [0.29, 0.717) is 0 Å². The minimum absolute atomic E-state index is 0.726. The van der Waals surface area contributed by atoms with Crippen LogP contribution in [0.2, 0.25) is 0 Å². The van der Waals surface area contributed by atoms with Crippen LogP contribution in [0.5, 0.6) is 23.0 Å². The van der Waals surface area contributed by atoms with Gasteiger partial charge in [0.1, 0.15) is 23.0 Å². The topological polar surface area (TPSA) is 36.9 Å². The average molecular weight is 1280 g/mol. The van der Waals surface area contributed by atoms with Crippen molar-refractivity contribution in [2.24, 2.45) is 0 Å². The van der Waals surface area contributed by atoms with Gasteiger partial charge in [-0.15, -0.1) is 0 Å². The fourth-order valence-corrected chi connectivity index (χ4v) is 17.0. The predicted octanol–water partition coefficient (Wildman–Crippen LogP) is 27.8. The van der Waals surface area contributed by atoms with Crippen LogP contribution in [0, 0.1) is 0 Å². The summed E-state index contributed by atoms with van der Waals surface area (Å²) < 4.78 is 25.7. The summed E-state index contributed by atoms with van der Waals surface area (Å²) in [5, 5.41) is 31.0. The molecule has 0 heterocycles. The zero-order valence-electron chi connectivity index (χ0n) is 57.4. The standard InChI is InChI=1S/C94H86O4/c1-5-9-13-17-49-95-67-41-33-59(34-42-67)75-53-63-25-21-27-65-55-77(61-37-45-69(46-38-61)97-51-19-15-11-7-3)91-89-73-31-24-30-72-85(73)87(81(89)57-79(75)93(91)83(63)65)71-29-23-32-74-86(71)88(72)82-58-80-76(60-35-43-68(44-36-60)96-50-18-14-10-6-2)54-64-26-22-28-66-56-78(92(90(74)82)94(80)84(64)66)62-39-47-70(48-40-62)98-52-20-16-12-8-4/h21-48,53-58H,5-20,49-52H2,1-4H3. The Bertz CT molecular complexity index is 5320. The summed E-state index contributed by atoms with van der Waals surface area (Å²) in [4.78, 5) is 0. The number of unbranched alkanes of at least 4 members (excludes halogenated alkanes) is 12. The number of hydrogen-bond donors (Lipinski definition) is 0. The highest BCUT2D eigenvalue weighted by Crippen LogP contribution is 2.58. The lowest BCUT2D eigenvalue weighted by molar-refractivity contribution is 0.305. The fourth-order valence-electron chi connectivity index (χ4n) is 17.0. The summed E-state index contributed by atoms with van der Waals surface area (Å²) in [6, 6.07) is 79.3. The number of fused-ring (bicyclic) bond motifs is 10. The molecule has 17 aromatic carbocycles. The van der Waals surface area contributed by atoms with Gasteiger partial charge in [-0.25, -0.2) is 0 Å². The molecule has 0 bridgehead atoms. The van der Waals surface area contributed by atoms with Crippen molar-refractivity contribution in [2.45, 2.75) is 130 Å². The van der Waals surface area contributed by atoms with Gasteiger partial charge in [-0.05, 0) is 284 Å². The lowest BCUT2D eigenvalue weighted by Gasteiger charge is -2.20. The van der Waals surface area contributed by atoms with Crippen molar-refractivity contribution < 1.29 is 18.9 Å². The van der Waals surface area contributed by atoms with Gasteiger partial charge < -0.3 is 18.9 Å². The second-order valence-electron chi connectivity index (χ2n) is 28.0. The van der Waals surface area contributed by atoms with Crippen LogP contribution in [0.4, 0.5) is 0 Å². The third-order valence-corrected chi connectivity index (χ3v) is 21.7. The number of benzene rings is 15. The first-order chi connectivity index (χ1) is 48.5. The molecule has 17 rings (SSSR count). The molecular weight excluding hydrogens is 1190 g/mol. The van der Waals surface area contributed by atoms with E-state index in [1.165, 1.54) is 251 Å². The SMILES string of the molecule is CCCCCCOc1ccc(-c2cc3cccc4cc(-c5ccc(OCCCCCC)cc5)c5c6c7cccc8c7c(c6cc2c5c34)c2cccc3c4c(cc5c(-c6ccc(OCCCCCC)cc6)cc6cccc7cc(-c9ccc(OCCCCCC)cc9)c4c5c67)c8c32)cc1. The number of rotatable bonds is 28. The van der Waals surface area contributed by atoms with Gasteiger partial charge in [0, 0.05) is 0 Å². The van der Waals surface area contributed by atoms with E-state index in [1.54, 1.807) is 0 Å². The van der Waals surface area contributed by atoms with Gasteiger partial charge in [0.2, 0.25) is 0 Å². The molecule has 0 unspecified atom stereocenters. The van der Waals surface area contributed by atoms with E-state index in [2.05, 4.69) is 234 Å². The minimum atomic E-state index is 0.726.